The fourth-order valence-corrected chi connectivity index (χ4v) is 4.99. The van der Waals surface area contributed by atoms with E-state index in [9.17, 15) is 22.2 Å². The Morgan fingerprint density at radius 1 is 1.37 bits per heavy atom. The lowest BCUT2D eigenvalue weighted by Gasteiger charge is -2.40. The average Bonchev–Trinajstić information content (AvgIpc) is 3.12. The summed E-state index contributed by atoms with van der Waals surface area (Å²) in [6, 6.07) is 2.65. The highest BCUT2D eigenvalue weighted by Gasteiger charge is 2.36. The number of carbonyl (C=O) groups excluding carboxylic acids is 1. The molecule has 12 heteroatoms. The van der Waals surface area contributed by atoms with E-state index in [1.807, 2.05) is 25.7 Å². The Morgan fingerprint density at radius 2 is 2.09 bits per heavy atom. The summed E-state index contributed by atoms with van der Waals surface area (Å²) in [4.78, 5) is 24.7. The van der Waals surface area contributed by atoms with Crippen LogP contribution in [0.4, 0.5) is 13.2 Å². The van der Waals surface area contributed by atoms with Gasteiger partial charge in [-0.15, -0.1) is 0 Å². The standard InChI is InChI=1S/C23H29F3N4O4S/c1-5-17(10-27-16(4)29-12-19(13-29)35(32)15(2)3)30-9-8-20(22(30)31)34-18-6-7-21(28-11-18)33-14-23(24,25)26/h5-7,10-11,15,19-20H,1,8-9,12-14H2,2-4H3/b17-10+,27-16?/t20-,35?/m1/s1. The fraction of sp³-hybridized carbons (Fsp3) is 0.522. The fourth-order valence-electron chi connectivity index (χ4n) is 3.57. The topological polar surface area (TPSA) is 84.3 Å². The van der Waals surface area contributed by atoms with Gasteiger partial charge in [0.05, 0.1) is 23.3 Å². The van der Waals surface area contributed by atoms with Crippen molar-refractivity contribution in [1.29, 1.82) is 0 Å². The summed E-state index contributed by atoms with van der Waals surface area (Å²) in [7, 11) is -0.867. The van der Waals surface area contributed by atoms with Crippen LogP contribution in [0, 0.1) is 0 Å². The van der Waals surface area contributed by atoms with E-state index >= 15 is 0 Å². The van der Waals surface area contributed by atoms with Crippen LogP contribution >= 0.6 is 0 Å². The SMILES string of the molecule is C=C/C(=C\N=C(C)N1CC(S(=O)C(C)C)C1)N1CC[C@@H](Oc2ccc(OCC(F)(F)F)nc2)C1=O. The number of hydrogen-bond acceptors (Lipinski definition) is 6. The third kappa shape index (κ3) is 7.06. The maximum atomic E-state index is 12.9. The highest BCUT2D eigenvalue weighted by molar-refractivity contribution is 7.86. The van der Waals surface area contributed by atoms with E-state index in [-0.39, 0.29) is 28.0 Å². The second-order valence-corrected chi connectivity index (χ2v) is 10.7. The van der Waals surface area contributed by atoms with Gasteiger partial charge < -0.3 is 19.3 Å². The predicted molar refractivity (Wildman–Crippen MR) is 127 cm³/mol. The Morgan fingerprint density at radius 3 is 2.66 bits per heavy atom. The molecule has 2 atom stereocenters. The van der Waals surface area contributed by atoms with Crippen molar-refractivity contribution in [1.82, 2.24) is 14.8 Å². The molecule has 2 fully saturated rings. The van der Waals surface area contributed by atoms with E-state index in [1.54, 1.807) is 6.20 Å². The number of hydrogen-bond donors (Lipinski definition) is 0. The van der Waals surface area contributed by atoms with Gasteiger partial charge in [-0.05, 0) is 19.1 Å². The molecule has 1 aromatic heterocycles. The van der Waals surface area contributed by atoms with Crippen LogP contribution in [0.25, 0.3) is 0 Å². The molecule has 2 saturated heterocycles. The van der Waals surface area contributed by atoms with Crippen molar-refractivity contribution >= 4 is 22.5 Å². The number of carbonyl (C=O) groups is 1. The summed E-state index contributed by atoms with van der Waals surface area (Å²) in [6.45, 7) is 9.85. The van der Waals surface area contributed by atoms with Crippen LogP contribution in [0.5, 0.6) is 11.6 Å². The molecule has 2 aliphatic heterocycles. The van der Waals surface area contributed by atoms with Crippen molar-refractivity contribution in [2.45, 2.75) is 50.0 Å². The van der Waals surface area contributed by atoms with Crippen LogP contribution in [-0.4, -0.2) is 79.8 Å². The smallest absolute Gasteiger partial charge is 0.422 e. The monoisotopic (exact) mass is 514 g/mol. The second kappa shape index (κ2) is 11.2. The Kier molecular flexibility index (Phi) is 8.57. The molecule has 192 valence electrons. The summed E-state index contributed by atoms with van der Waals surface area (Å²) >= 11 is 0. The Labute approximate surface area is 205 Å². The number of likely N-dealkylation sites (tertiary alicyclic amines) is 2. The zero-order chi connectivity index (χ0) is 25.8. The number of amidine groups is 1. The normalized spacial score (nSPS) is 20.8. The summed E-state index contributed by atoms with van der Waals surface area (Å²) in [5.74, 6) is 0.536. The van der Waals surface area contributed by atoms with Crippen molar-refractivity contribution in [2.24, 2.45) is 4.99 Å². The molecule has 8 nitrogen and oxygen atoms in total. The Balaban J connectivity index is 1.55. The van der Waals surface area contributed by atoms with Crippen LogP contribution in [0.2, 0.25) is 0 Å². The lowest BCUT2D eigenvalue weighted by Crippen LogP contribution is -2.55. The van der Waals surface area contributed by atoms with Gasteiger partial charge in [0.2, 0.25) is 5.88 Å². The van der Waals surface area contributed by atoms with Gasteiger partial charge in [-0.25, -0.2) is 9.98 Å². The summed E-state index contributed by atoms with van der Waals surface area (Å²) < 4.78 is 59.2. The van der Waals surface area contributed by atoms with Crippen LogP contribution in [-0.2, 0) is 15.6 Å². The van der Waals surface area contributed by atoms with Gasteiger partial charge >= 0.3 is 6.18 Å². The molecule has 0 N–H and O–H groups in total. The average molecular weight is 515 g/mol. The Bertz CT molecular complexity index is 1010. The van der Waals surface area contributed by atoms with E-state index in [4.69, 9.17) is 4.74 Å². The molecule has 3 rings (SSSR count). The first-order chi connectivity index (χ1) is 16.5. The van der Waals surface area contributed by atoms with Crippen molar-refractivity contribution < 1.29 is 31.6 Å². The van der Waals surface area contributed by atoms with Crippen LogP contribution < -0.4 is 9.47 Å². The van der Waals surface area contributed by atoms with Gasteiger partial charge in [0.1, 0.15) is 11.6 Å². The number of aliphatic imine (C=N–C) groups is 1. The minimum Gasteiger partial charge on any atom is -0.479 e. The van der Waals surface area contributed by atoms with Crippen molar-refractivity contribution in [3.05, 3.63) is 42.9 Å². The molecule has 2 aliphatic rings. The molecule has 1 amide bonds. The zero-order valence-corrected chi connectivity index (χ0v) is 20.6. The molecule has 0 bridgehead atoms. The minimum absolute atomic E-state index is 0.124. The first kappa shape index (κ1) is 26.7. The molecule has 1 aromatic rings. The summed E-state index contributed by atoms with van der Waals surface area (Å²) in [5, 5.41) is 0.264. The lowest BCUT2D eigenvalue weighted by molar-refractivity contribution is -0.154. The minimum atomic E-state index is -4.46. The maximum absolute atomic E-state index is 12.9. The number of ether oxygens (including phenoxy) is 2. The quantitative estimate of drug-likeness (QED) is 0.286. The summed E-state index contributed by atoms with van der Waals surface area (Å²) in [6.07, 6.45) is -0.488. The van der Waals surface area contributed by atoms with Crippen molar-refractivity contribution in [3.8, 4) is 11.6 Å². The number of rotatable bonds is 9. The number of allylic oxidation sites excluding steroid dienone is 1. The predicted octanol–water partition coefficient (Wildman–Crippen LogP) is 3.29. The summed E-state index contributed by atoms with van der Waals surface area (Å²) in [5.41, 5.74) is 0.525. The van der Waals surface area contributed by atoms with E-state index in [2.05, 4.69) is 21.3 Å². The van der Waals surface area contributed by atoms with E-state index < -0.39 is 29.7 Å². The van der Waals surface area contributed by atoms with Crippen LogP contribution in [0.3, 0.4) is 0 Å². The third-order valence-corrected chi connectivity index (χ3v) is 7.42. The largest absolute Gasteiger partial charge is 0.479 e. The molecular weight excluding hydrogens is 485 g/mol. The maximum Gasteiger partial charge on any atom is 0.422 e. The molecule has 0 spiro atoms. The molecule has 1 unspecified atom stereocenters. The van der Waals surface area contributed by atoms with Crippen LogP contribution in [0.15, 0.2) is 47.9 Å². The van der Waals surface area contributed by atoms with Gasteiger partial charge in [-0.2, -0.15) is 13.2 Å². The third-order valence-electron chi connectivity index (χ3n) is 5.53. The van der Waals surface area contributed by atoms with E-state index in [0.29, 0.717) is 31.8 Å². The second-order valence-electron chi connectivity index (χ2n) is 8.46. The first-order valence-electron chi connectivity index (χ1n) is 11.1. The molecule has 3 heterocycles. The highest BCUT2D eigenvalue weighted by atomic mass is 32.2. The van der Waals surface area contributed by atoms with Gasteiger partial charge in [-0.1, -0.05) is 20.4 Å². The van der Waals surface area contributed by atoms with Gasteiger partial charge in [0.15, 0.2) is 12.7 Å². The highest BCUT2D eigenvalue weighted by Crippen LogP contribution is 2.25. The van der Waals surface area contributed by atoms with Crippen molar-refractivity contribution in [3.63, 3.8) is 0 Å². The molecular formula is C23H29F3N4O4S. The van der Waals surface area contributed by atoms with Crippen molar-refractivity contribution in [2.75, 3.05) is 26.2 Å². The molecule has 0 radical (unpaired) electrons. The number of halogens is 3. The number of amides is 1. The van der Waals surface area contributed by atoms with Crippen LogP contribution in [0.1, 0.15) is 27.2 Å². The van der Waals surface area contributed by atoms with Gasteiger partial charge in [0.25, 0.3) is 5.91 Å². The van der Waals surface area contributed by atoms with Gasteiger partial charge in [-0.3, -0.25) is 9.00 Å². The number of alkyl halides is 3. The first-order valence-corrected chi connectivity index (χ1v) is 12.4. The molecule has 0 aromatic carbocycles. The van der Waals surface area contributed by atoms with Gasteiger partial charge in [0, 0.05) is 48.2 Å². The van der Waals surface area contributed by atoms with E-state index in [0.717, 1.165) is 5.84 Å². The molecule has 0 aliphatic carbocycles. The zero-order valence-electron chi connectivity index (χ0n) is 19.8. The number of aromatic nitrogens is 1. The van der Waals surface area contributed by atoms with E-state index in [1.165, 1.54) is 29.3 Å². The molecule has 35 heavy (non-hydrogen) atoms. The molecule has 0 saturated carbocycles. The lowest BCUT2D eigenvalue weighted by atomic mass is 10.2. The number of pyridine rings is 1. The number of nitrogens with zero attached hydrogens (tertiary/aromatic N) is 4. The Hall–Kier alpha value is -2.89.